The van der Waals surface area contributed by atoms with Gasteiger partial charge < -0.3 is 20.1 Å². The molecule has 0 heterocycles. The molecule has 1 unspecified atom stereocenters. The summed E-state index contributed by atoms with van der Waals surface area (Å²) in [4.78, 5) is 25.4. The van der Waals surface area contributed by atoms with Crippen LogP contribution in [0.25, 0.3) is 0 Å². The van der Waals surface area contributed by atoms with E-state index in [1.807, 2.05) is 0 Å². The van der Waals surface area contributed by atoms with Crippen molar-refractivity contribution in [3.63, 3.8) is 0 Å². The number of carbonyl (C=O) groups excluding carboxylic acids is 2. The van der Waals surface area contributed by atoms with Gasteiger partial charge in [-0.1, -0.05) is 32.0 Å². The van der Waals surface area contributed by atoms with Crippen molar-refractivity contribution in [1.82, 2.24) is 5.32 Å². The number of carbonyl (C=O) groups is 2. The number of hydrogen-bond donors (Lipinski definition) is 2. The van der Waals surface area contributed by atoms with Crippen LogP contribution < -0.4 is 20.1 Å². The lowest BCUT2D eigenvalue weighted by Crippen LogP contribution is -2.47. The summed E-state index contributed by atoms with van der Waals surface area (Å²) in [6, 6.07) is 10.6. The smallest absolute Gasteiger partial charge is 0.493 e. The Bertz CT molecular complexity index is 885. The van der Waals surface area contributed by atoms with Gasteiger partial charge in [-0.3, -0.25) is 9.59 Å². The predicted molar refractivity (Wildman–Crippen MR) is 105 cm³/mol. The average Bonchev–Trinajstić information content (AvgIpc) is 2.65. The molecule has 2 amide bonds. The zero-order valence-electron chi connectivity index (χ0n) is 16.7. The fourth-order valence-electron chi connectivity index (χ4n) is 2.68. The molecule has 1 atom stereocenters. The first-order valence-electron chi connectivity index (χ1n) is 9.30. The van der Waals surface area contributed by atoms with E-state index >= 15 is 0 Å². The monoisotopic (exact) mass is 424 g/mol. The van der Waals surface area contributed by atoms with E-state index in [1.165, 1.54) is 12.1 Å². The number of hydrogen-bond acceptors (Lipinski definition) is 4. The summed E-state index contributed by atoms with van der Waals surface area (Å²) in [6.45, 7) is 5.63. The Morgan fingerprint density at radius 3 is 2.40 bits per heavy atom. The number of halogens is 3. The maximum Gasteiger partial charge on any atom is 0.573 e. The molecule has 0 aliphatic carbocycles. The molecule has 0 aliphatic rings. The van der Waals surface area contributed by atoms with E-state index in [2.05, 4.69) is 15.4 Å². The molecule has 0 bridgehead atoms. The van der Waals surface area contributed by atoms with Crippen LogP contribution in [-0.2, 0) is 4.79 Å². The van der Waals surface area contributed by atoms with E-state index in [4.69, 9.17) is 4.74 Å². The molecule has 9 heteroatoms. The molecule has 0 aliphatic heterocycles. The van der Waals surface area contributed by atoms with Crippen LogP contribution in [0.15, 0.2) is 48.5 Å². The van der Waals surface area contributed by atoms with E-state index in [0.29, 0.717) is 12.4 Å². The Morgan fingerprint density at radius 2 is 1.77 bits per heavy atom. The number of amides is 2. The Labute approximate surface area is 172 Å². The molecule has 0 saturated heterocycles. The number of benzene rings is 2. The summed E-state index contributed by atoms with van der Waals surface area (Å²) in [7, 11) is 0. The van der Waals surface area contributed by atoms with Crippen molar-refractivity contribution in [1.29, 1.82) is 0 Å². The normalized spacial score (nSPS) is 12.2. The van der Waals surface area contributed by atoms with Gasteiger partial charge in [0.1, 0.15) is 17.5 Å². The lowest BCUT2D eigenvalue weighted by molar-refractivity contribution is -0.274. The zero-order chi connectivity index (χ0) is 22.3. The number of anilines is 1. The second-order valence-corrected chi connectivity index (χ2v) is 6.69. The SMILES string of the molecule is CCOc1ccccc1C(=O)NC(C(=O)Nc1cccc(OC(F)(F)F)c1)C(C)C. The number of rotatable bonds is 8. The third-order valence-corrected chi connectivity index (χ3v) is 4.00. The highest BCUT2D eigenvalue weighted by Crippen LogP contribution is 2.25. The van der Waals surface area contributed by atoms with E-state index in [9.17, 15) is 22.8 Å². The third-order valence-electron chi connectivity index (χ3n) is 4.00. The minimum atomic E-state index is -4.84. The second-order valence-electron chi connectivity index (χ2n) is 6.69. The molecule has 0 aromatic heterocycles. The summed E-state index contributed by atoms with van der Waals surface area (Å²) in [5, 5.41) is 5.18. The van der Waals surface area contributed by atoms with Gasteiger partial charge in [-0.15, -0.1) is 13.2 Å². The van der Waals surface area contributed by atoms with Crippen molar-refractivity contribution < 1.29 is 32.2 Å². The van der Waals surface area contributed by atoms with Crippen molar-refractivity contribution in [3.05, 3.63) is 54.1 Å². The van der Waals surface area contributed by atoms with Gasteiger partial charge in [0.2, 0.25) is 5.91 Å². The van der Waals surface area contributed by atoms with Crippen LogP contribution in [0, 0.1) is 5.92 Å². The minimum Gasteiger partial charge on any atom is -0.493 e. The molecule has 6 nitrogen and oxygen atoms in total. The largest absolute Gasteiger partial charge is 0.573 e. The first-order valence-corrected chi connectivity index (χ1v) is 9.30. The number of alkyl halides is 3. The predicted octanol–water partition coefficient (Wildman–Crippen LogP) is 4.38. The van der Waals surface area contributed by atoms with Gasteiger partial charge >= 0.3 is 6.36 Å². The van der Waals surface area contributed by atoms with Crippen LogP contribution in [-0.4, -0.2) is 30.8 Å². The van der Waals surface area contributed by atoms with Crippen molar-refractivity contribution >= 4 is 17.5 Å². The molecule has 30 heavy (non-hydrogen) atoms. The summed E-state index contributed by atoms with van der Waals surface area (Å²) < 4.78 is 46.5. The Balaban J connectivity index is 2.14. The third kappa shape index (κ3) is 6.68. The Hall–Kier alpha value is -3.23. The fraction of sp³-hybridized carbons (Fsp3) is 0.333. The summed E-state index contributed by atoms with van der Waals surface area (Å²) >= 11 is 0. The lowest BCUT2D eigenvalue weighted by atomic mass is 10.0. The van der Waals surface area contributed by atoms with Crippen LogP contribution in [0.3, 0.4) is 0 Å². The molecule has 2 N–H and O–H groups in total. The standard InChI is InChI=1S/C21H23F3N2O4/c1-4-29-17-11-6-5-10-16(17)19(27)26-18(13(2)3)20(28)25-14-8-7-9-15(12-14)30-21(22,23)24/h5-13,18H,4H2,1-3H3,(H,25,28)(H,26,27). The number of ether oxygens (including phenoxy) is 2. The van der Waals surface area contributed by atoms with Crippen molar-refractivity contribution in [3.8, 4) is 11.5 Å². The van der Waals surface area contributed by atoms with Crippen LogP contribution >= 0.6 is 0 Å². The molecule has 2 aromatic rings. The number of nitrogens with one attached hydrogen (secondary N) is 2. The van der Waals surface area contributed by atoms with Crippen LogP contribution in [0.1, 0.15) is 31.1 Å². The van der Waals surface area contributed by atoms with Crippen molar-refractivity contribution in [2.45, 2.75) is 33.2 Å². The molecular formula is C21H23F3N2O4. The van der Waals surface area contributed by atoms with Gasteiger partial charge in [-0.25, -0.2) is 0 Å². The van der Waals surface area contributed by atoms with E-state index in [0.717, 1.165) is 12.1 Å². The number of para-hydroxylation sites is 1. The molecular weight excluding hydrogens is 401 g/mol. The summed E-state index contributed by atoms with van der Waals surface area (Å²) in [5.74, 6) is -1.44. The van der Waals surface area contributed by atoms with Gasteiger partial charge in [0.25, 0.3) is 5.91 Å². The molecule has 0 fully saturated rings. The Morgan fingerprint density at radius 1 is 1.07 bits per heavy atom. The second kappa shape index (κ2) is 10.00. The molecule has 0 spiro atoms. The fourth-order valence-corrected chi connectivity index (χ4v) is 2.68. The highest BCUT2D eigenvalue weighted by Gasteiger charge is 2.31. The molecule has 2 rings (SSSR count). The van der Waals surface area contributed by atoms with Gasteiger partial charge in [0.05, 0.1) is 12.2 Å². The highest BCUT2D eigenvalue weighted by molar-refractivity contribution is 6.02. The van der Waals surface area contributed by atoms with E-state index in [1.54, 1.807) is 45.0 Å². The van der Waals surface area contributed by atoms with Crippen LogP contribution in [0.5, 0.6) is 11.5 Å². The minimum absolute atomic E-state index is 0.108. The van der Waals surface area contributed by atoms with Gasteiger partial charge in [-0.2, -0.15) is 0 Å². The molecule has 0 radical (unpaired) electrons. The quantitative estimate of drug-likeness (QED) is 0.660. The zero-order valence-corrected chi connectivity index (χ0v) is 16.7. The lowest BCUT2D eigenvalue weighted by Gasteiger charge is -2.22. The molecule has 0 saturated carbocycles. The molecule has 162 valence electrons. The first kappa shape index (κ1) is 23.1. The molecule has 2 aromatic carbocycles. The van der Waals surface area contributed by atoms with Crippen molar-refractivity contribution in [2.24, 2.45) is 5.92 Å². The van der Waals surface area contributed by atoms with E-state index in [-0.39, 0.29) is 17.2 Å². The van der Waals surface area contributed by atoms with Crippen molar-refractivity contribution in [2.75, 3.05) is 11.9 Å². The first-order chi connectivity index (χ1) is 14.1. The maximum absolute atomic E-state index is 12.7. The highest BCUT2D eigenvalue weighted by atomic mass is 19.4. The van der Waals surface area contributed by atoms with Gasteiger partial charge in [-0.05, 0) is 37.1 Å². The Kier molecular flexibility index (Phi) is 7.68. The summed E-state index contributed by atoms with van der Waals surface area (Å²) in [6.07, 6.45) is -4.84. The topological polar surface area (TPSA) is 76.7 Å². The van der Waals surface area contributed by atoms with E-state index < -0.39 is 30.0 Å². The maximum atomic E-state index is 12.7. The summed E-state index contributed by atoms with van der Waals surface area (Å²) in [5.41, 5.74) is 0.384. The van der Waals surface area contributed by atoms with Gasteiger partial charge in [0.15, 0.2) is 0 Å². The van der Waals surface area contributed by atoms with Crippen LogP contribution in [0.4, 0.5) is 18.9 Å². The van der Waals surface area contributed by atoms with Crippen LogP contribution in [0.2, 0.25) is 0 Å². The van der Waals surface area contributed by atoms with Gasteiger partial charge in [0, 0.05) is 11.8 Å². The average molecular weight is 424 g/mol.